The summed E-state index contributed by atoms with van der Waals surface area (Å²) >= 11 is 0. The summed E-state index contributed by atoms with van der Waals surface area (Å²) < 4.78 is 12.9. The van der Waals surface area contributed by atoms with Crippen molar-refractivity contribution in [1.82, 2.24) is 5.32 Å². The number of primary amides is 1. The Bertz CT molecular complexity index is 368. The van der Waals surface area contributed by atoms with Gasteiger partial charge >= 0.3 is 0 Å². The highest BCUT2D eigenvalue weighted by Gasteiger charge is 2.10. The third-order valence-electron chi connectivity index (χ3n) is 2.10. The molecule has 5 heteroatoms. The number of para-hydroxylation sites is 1. The Morgan fingerprint density at radius 1 is 1.67 bits per heavy atom. The summed E-state index contributed by atoms with van der Waals surface area (Å²) in [6.45, 7) is 1.78. The maximum atomic E-state index is 12.9. The molecule has 0 aliphatic rings. The van der Waals surface area contributed by atoms with Gasteiger partial charge in [0.05, 0.1) is 6.04 Å². The summed E-state index contributed by atoms with van der Waals surface area (Å²) in [5.74, 6) is -1.58. The summed E-state index contributed by atoms with van der Waals surface area (Å²) in [6.07, 6.45) is 0. The van der Waals surface area contributed by atoms with Gasteiger partial charge in [-0.25, -0.2) is 4.39 Å². The number of hydrogen-bond acceptors (Lipinski definition) is 3. The molecule has 15 heavy (non-hydrogen) atoms. The normalized spacial score (nSPS) is 12.4. The molecule has 1 rings (SSSR count). The van der Waals surface area contributed by atoms with E-state index in [9.17, 15) is 14.3 Å². The molecule has 0 aliphatic carbocycles. The molecule has 0 aromatic heterocycles. The van der Waals surface area contributed by atoms with Crippen LogP contribution in [0.1, 0.15) is 12.5 Å². The van der Waals surface area contributed by atoms with Gasteiger partial charge < -0.3 is 16.2 Å². The number of phenols is 1. The van der Waals surface area contributed by atoms with Crippen molar-refractivity contribution >= 4 is 5.91 Å². The lowest BCUT2D eigenvalue weighted by Gasteiger charge is -2.11. The van der Waals surface area contributed by atoms with Crippen molar-refractivity contribution in [3.8, 4) is 5.75 Å². The smallest absolute Gasteiger partial charge is 0.234 e. The Labute approximate surface area is 86.9 Å². The Kier molecular flexibility index (Phi) is 3.62. The number of nitrogens with two attached hydrogens (primary N) is 1. The van der Waals surface area contributed by atoms with Gasteiger partial charge in [-0.15, -0.1) is 0 Å². The minimum absolute atomic E-state index is 0.188. The molecule has 1 amide bonds. The first-order chi connectivity index (χ1) is 7.02. The second-order valence-electron chi connectivity index (χ2n) is 3.25. The average Bonchev–Trinajstić information content (AvgIpc) is 2.19. The van der Waals surface area contributed by atoms with Gasteiger partial charge in [-0.05, 0) is 13.0 Å². The number of amides is 1. The number of nitrogens with one attached hydrogen (secondary N) is 1. The van der Waals surface area contributed by atoms with E-state index in [1.165, 1.54) is 6.07 Å². The number of benzene rings is 1. The molecular formula is C10H13FN2O2. The molecule has 1 aromatic carbocycles. The van der Waals surface area contributed by atoms with E-state index in [1.54, 1.807) is 13.0 Å². The largest absolute Gasteiger partial charge is 0.505 e. The third-order valence-corrected chi connectivity index (χ3v) is 2.10. The van der Waals surface area contributed by atoms with Crippen LogP contribution in [0.4, 0.5) is 4.39 Å². The zero-order valence-corrected chi connectivity index (χ0v) is 8.33. The predicted octanol–water partition coefficient (Wildman–Crippen LogP) is 0.495. The molecule has 82 valence electrons. The van der Waals surface area contributed by atoms with Crippen LogP contribution >= 0.6 is 0 Å². The molecule has 4 N–H and O–H groups in total. The highest BCUT2D eigenvalue weighted by atomic mass is 19.1. The molecule has 0 saturated heterocycles. The lowest BCUT2D eigenvalue weighted by molar-refractivity contribution is -0.119. The van der Waals surface area contributed by atoms with Crippen LogP contribution < -0.4 is 11.1 Å². The lowest BCUT2D eigenvalue weighted by atomic mass is 10.2. The van der Waals surface area contributed by atoms with Crippen LogP contribution in [0.3, 0.4) is 0 Å². The average molecular weight is 212 g/mol. The molecule has 1 atom stereocenters. The van der Waals surface area contributed by atoms with Gasteiger partial charge in [0.25, 0.3) is 0 Å². The lowest BCUT2D eigenvalue weighted by Crippen LogP contribution is -2.38. The number of halogens is 1. The van der Waals surface area contributed by atoms with Crippen LogP contribution in [0.5, 0.6) is 5.75 Å². The zero-order valence-electron chi connectivity index (χ0n) is 8.33. The van der Waals surface area contributed by atoms with Crippen LogP contribution in [0.2, 0.25) is 0 Å². The molecule has 1 aromatic rings. The Balaban J connectivity index is 2.66. The Morgan fingerprint density at radius 3 is 2.93 bits per heavy atom. The maximum absolute atomic E-state index is 12.9. The minimum atomic E-state index is -0.680. The van der Waals surface area contributed by atoms with E-state index >= 15 is 0 Å². The fraction of sp³-hybridized carbons (Fsp3) is 0.300. The fourth-order valence-corrected chi connectivity index (χ4v) is 1.07. The van der Waals surface area contributed by atoms with Crippen LogP contribution in [-0.2, 0) is 11.3 Å². The fourth-order valence-electron chi connectivity index (χ4n) is 1.07. The Hall–Kier alpha value is -1.62. The first kappa shape index (κ1) is 11.5. The topological polar surface area (TPSA) is 75.3 Å². The third kappa shape index (κ3) is 2.92. The van der Waals surface area contributed by atoms with E-state index in [1.807, 2.05) is 0 Å². The van der Waals surface area contributed by atoms with Gasteiger partial charge in [0, 0.05) is 12.1 Å². The summed E-state index contributed by atoms with van der Waals surface area (Å²) in [4.78, 5) is 10.7. The van der Waals surface area contributed by atoms with Gasteiger partial charge in [-0.2, -0.15) is 0 Å². The van der Waals surface area contributed by atoms with Crippen LogP contribution in [0, 0.1) is 5.82 Å². The van der Waals surface area contributed by atoms with Crippen molar-refractivity contribution in [2.45, 2.75) is 19.5 Å². The molecule has 0 radical (unpaired) electrons. The molecule has 0 bridgehead atoms. The van der Waals surface area contributed by atoms with E-state index in [0.29, 0.717) is 5.56 Å². The summed E-state index contributed by atoms with van der Waals surface area (Å²) in [7, 11) is 0. The first-order valence-corrected chi connectivity index (χ1v) is 4.51. The molecule has 0 aliphatic heterocycles. The van der Waals surface area contributed by atoms with E-state index in [-0.39, 0.29) is 6.54 Å². The van der Waals surface area contributed by atoms with E-state index < -0.39 is 23.5 Å². The highest BCUT2D eigenvalue weighted by molar-refractivity contribution is 5.79. The number of rotatable bonds is 4. The monoisotopic (exact) mass is 212 g/mol. The van der Waals surface area contributed by atoms with E-state index in [2.05, 4.69) is 5.32 Å². The van der Waals surface area contributed by atoms with Crippen molar-refractivity contribution in [2.24, 2.45) is 5.73 Å². The summed E-state index contributed by atoms with van der Waals surface area (Å²) in [6, 6.07) is 3.70. The van der Waals surface area contributed by atoms with Crippen molar-refractivity contribution in [3.05, 3.63) is 29.6 Å². The number of aromatic hydroxyl groups is 1. The van der Waals surface area contributed by atoms with Gasteiger partial charge in [-0.3, -0.25) is 4.79 Å². The molecule has 0 fully saturated rings. The van der Waals surface area contributed by atoms with Gasteiger partial charge in [0.15, 0.2) is 11.6 Å². The zero-order chi connectivity index (χ0) is 11.4. The molecule has 0 saturated carbocycles. The van der Waals surface area contributed by atoms with Crippen LogP contribution in [0.15, 0.2) is 18.2 Å². The SMILES string of the molecule is CC(NCc1cccc(F)c1O)C(N)=O. The summed E-state index contributed by atoms with van der Waals surface area (Å²) in [5.41, 5.74) is 5.42. The van der Waals surface area contributed by atoms with Crippen molar-refractivity contribution < 1.29 is 14.3 Å². The molecular weight excluding hydrogens is 199 g/mol. The predicted molar refractivity (Wildman–Crippen MR) is 53.6 cm³/mol. The first-order valence-electron chi connectivity index (χ1n) is 4.51. The van der Waals surface area contributed by atoms with E-state index in [0.717, 1.165) is 6.07 Å². The van der Waals surface area contributed by atoms with Crippen molar-refractivity contribution in [1.29, 1.82) is 0 Å². The van der Waals surface area contributed by atoms with Gasteiger partial charge in [-0.1, -0.05) is 12.1 Å². The second-order valence-corrected chi connectivity index (χ2v) is 3.25. The summed E-state index contributed by atoms with van der Waals surface area (Å²) in [5, 5.41) is 12.1. The molecule has 0 spiro atoms. The van der Waals surface area contributed by atoms with Crippen molar-refractivity contribution in [2.75, 3.05) is 0 Å². The van der Waals surface area contributed by atoms with Crippen molar-refractivity contribution in [3.63, 3.8) is 0 Å². The second kappa shape index (κ2) is 4.75. The number of carbonyl (C=O) groups is 1. The van der Waals surface area contributed by atoms with E-state index in [4.69, 9.17) is 5.73 Å². The standard InChI is InChI=1S/C10H13FN2O2/c1-6(10(12)15)13-5-7-3-2-4-8(11)9(7)14/h2-4,6,13-14H,5H2,1H3,(H2,12,15). The maximum Gasteiger partial charge on any atom is 0.234 e. The van der Waals surface area contributed by atoms with Gasteiger partial charge in [0.2, 0.25) is 5.91 Å². The van der Waals surface area contributed by atoms with Crippen LogP contribution in [-0.4, -0.2) is 17.1 Å². The van der Waals surface area contributed by atoms with Gasteiger partial charge in [0.1, 0.15) is 0 Å². The molecule has 0 heterocycles. The highest BCUT2D eigenvalue weighted by Crippen LogP contribution is 2.20. The quantitative estimate of drug-likeness (QED) is 0.680. The minimum Gasteiger partial charge on any atom is -0.505 e. The number of carbonyl (C=O) groups excluding carboxylic acids is 1. The number of hydrogen-bond donors (Lipinski definition) is 3. The molecule has 4 nitrogen and oxygen atoms in total. The van der Waals surface area contributed by atoms with Crippen LogP contribution in [0.25, 0.3) is 0 Å². The molecule has 1 unspecified atom stereocenters. The number of phenolic OH excluding ortho intramolecular Hbond substituents is 1. The Morgan fingerprint density at radius 2 is 2.33 bits per heavy atom.